The van der Waals surface area contributed by atoms with Crippen LogP contribution in [0, 0.1) is 11.8 Å². The van der Waals surface area contributed by atoms with Crippen LogP contribution in [0.2, 0.25) is 0 Å². The maximum absolute atomic E-state index is 10.9. The number of carboxylic acid groups (broad SMARTS) is 1. The number of imidazole rings is 1. The molecule has 1 N–H and O–H groups in total. The molecule has 2 fully saturated rings. The van der Waals surface area contributed by atoms with Crippen LogP contribution in [0.5, 0.6) is 0 Å². The molecule has 2 heterocycles. The van der Waals surface area contributed by atoms with E-state index in [0.717, 1.165) is 31.1 Å². The third kappa shape index (κ3) is 2.09. The highest BCUT2D eigenvalue weighted by atomic mass is 32.2. The fourth-order valence-electron chi connectivity index (χ4n) is 3.11. The molecular weight excluding hydrogens is 250 g/mol. The monoisotopic (exact) mass is 267 g/mol. The Kier molecular flexibility index (Phi) is 2.97. The van der Waals surface area contributed by atoms with Crippen molar-refractivity contribution < 1.29 is 9.90 Å². The van der Waals surface area contributed by atoms with Gasteiger partial charge in [0.1, 0.15) is 0 Å². The molecule has 1 aromatic heterocycles. The van der Waals surface area contributed by atoms with Crippen molar-refractivity contribution in [3.63, 3.8) is 0 Å². The van der Waals surface area contributed by atoms with E-state index in [1.807, 2.05) is 35.8 Å². The number of thioether (sulfide) groups is 1. The summed E-state index contributed by atoms with van der Waals surface area (Å²) in [7, 11) is 2.01. The highest BCUT2D eigenvalue weighted by Crippen LogP contribution is 2.44. The van der Waals surface area contributed by atoms with Gasteiger partial charge in [0.05, 0.1) is 0 Å². The number of likely N-dealkylation sites (tertiary alicyclic amines) is 1. The highest BCUT2D eigenvalue weighted by Gasteiger charge is 2.42. The molecule has 0 aromatic carbocycles. The van der Waals surface area contributed by atoms with E-state index >= 15 is 0 Å². The third-order valence-corrected chi connectivity index (χ3v) is 5.35. The van der Waals surface area contributed by atoms with Gasteiger partial charge >= 0.3 is 6.09 Å². The molecule has 3 rings (SSSR count). The van der Waals surface area contributed by atoms with Crippen molar-refractivity contribution in [2.24, 2.45) is 18.9 Å². The summed E-state index contributed by atoms with van der Waals surface area (Å²) >= 11 is 1.84. The van der Waals surface area contributed by atoms with E-state index in [-0.39, 0.29) is 0 Å². The molecule has 5 nitrogen and oxygen atoms in total. The first-order valence-corrected chi connectivity index (χ1v) is 7.13. The lowest BCUT2D eigenvalue weighted by molar-refractivity contribution is 0.152. The van der Waals surface area contributed by atoms with Crippen molar-refractivity contribution in [2.75, 3.05) is 13.1 Å². The van der Waals surface area contributed by atoms with Gasteiger partial charge in [0.25, 0.3) is 0 Å². The topological polar surface area (TPSA) is 58.4 Å². The largest absolute Gasteiger partial charge is 0.465 e. The van der Waals surface area contributed by atoms with Crippen molar-refractivity contribution in [1.82, 2.24) is 14.5 Å². The molecule has 6 heteroatoms. The molecule has 98 valence electrons. The molecule has 1 aliphatic carbocycles. The fraction of sp³-hybridized carbons (Fsp3) is 0.667. The molecule has 0 unspecified atom stereocenters. The van der Waals surface area contributed by atoms with Gasteiger partial charge in [-0.25, -0.2) is 9.78 Å². The zero-order valence-corrected chi connectivity index (χ0v) is 11.1. The quantitative estimate of drug-likeness (QED) is 0.889. The molecule has 1 aliphatic heterocycles. The molecule has 1 aromatic rings. The van der Waals surface area contributed by atoms with Gasteiger partial charge in [-0.3, -0.25) is 0 Å². The number of nitrogens with zero attached hydrogens (tertiary/aromatic N) is 3. The van der Waals surface area contributed by atoms with Crippen LogP contribution in [0.4, 0.5) is 4.79 Å². The average Bonchev–Trinajstić information content (AvgIpc) is 2.94. The Morgan fingerprint density at radius 1 is 1.44 bits per heavy atom. The first kappa shape index (κ1) is 11.9. The van der Waals surface area contributed by atoms with E-state index in [1.165, 1.54) is 0 Å². The molecule has 18 heavy (non-hydrogen) atoms. The van der Waals surface area contributed by atoms with Gasteiger partial charge in [0, 0.05) is 37.8 Å². The maximum atomic E-state index is 10.9. The molecule has 1 amide bonds. The molecule has 2 aliphatic rings. The van der Waals surface area contributed by atoms with Gasteiger partial charge in [0.2, 0.25) is 0 Å². The van der Waals surface area contributed by atoms with Crippen molar-refractivity contribution in [3.05, 3.63) is 12.4 Å². The van der Waals surface area contributed by atoms with Crippen LogP contribution in [0.15, 0.2) is 17.6 Å². The predicted molar refractivity (Wildman–Crippen MR) is 68.7 cm³/mol. The zero-order valence-electron chi connectivity index (χ0n) is 10.3. The number of aryl methyl sites for hydroxylation is 1. The van der Waals surface area contributed by atoms with Gasteiger partial charge in [-0.2, -0.15) is 0 Å². The third-order valence-electron chi connectivity index (χ3n) is 4.03. The SMILES string of the molecule is Cn1ccnc1S[C@H]1C[C@@H]2CN(C(=O)O)C[C@@H]2C1. The minimum atomic E-state index is -0.766. The molecule has 0 radical (unpaired) electrons. The Morgan fingerprint density at radius 2 is 2.11 bits per heavy atom. The molecular formula is C12H17N3O2S. The van der Waals surface area contributed by atoms with Crippen molar-refractivity contribution >= 4 is 17.9 Å². The summed E-state index contributed by atoms with van der Waals surface area (Å²) < 4.78 is 2.04. The van der Waals surface area contributed by atoms with Gasteiger partial charge in [-0.05, 0) is 24.7 Å². The first-order valence-electron chi connectivity index (χ1n) is 6.25. The second kappa shape index (κ2) is 4.50. The second-order valence-corrected chi connectivity index (χ2v) is 6.51. The minimum absolute atomic E-state index is 0.555. The van der Waals surface area contributed by atoms with E-state index in [4.69, 9.17) is 5.11 Å². The summed E-state index contributed by atoms with van der Waals surface area (Å²) in [5.74, 6) is 1.11. The number of aromatic nitrogens is 2. The molecule has 0 spiro atoms. The van der Waals surface area contributed by atoms with Gasteiger partial charge in [0.15, 0.2) is 5.16 Å². The van der Waals surface area contributed by atoms with Crippen LogP contribution >= 0.6 is 11.8 Å². The molecule has 0 bridgehead atoms. The van der Waals surface area contributed by atoms with E-state index in [1.54, 1.807) is 4.90 Å². The zero-order chi connectivity index (χ0) is 12.7. The number of fused-ring (bicyclic) bond motifs is 1. The van der Waals surface area contributed by atoms with Crippen LogP contribution in [0.3, 0.4) is 0 Å². The Labute approximate surface area is 110 Å². The fourth-order valence-corrected chi connectivity index (χ4v) is 4.45. The van der Waals surface area contributed by atoms with Gasteiger partial charge < -0.3 is 14.6 Å². The minimum Gasteiger partial charge on any atom is -0.465 e. The molecule has 1 saturated heterocycles. The smallest absolute Gasteiger partial charge is 0.407 e. The Hall–Kier alpha value is -1.17. The number of carbonyl (C=O) groups is 1. The number of rotatable bonds is 2. The summed E-state index contributed by atoms with van der Waals surface area (Å²) in [4.78, 5) is 16.8. The standard InChI is InChI=1S/C12H17N3O2S/c1-14-3-2-13-11(14)18-10-4-8-6-15(12(16)17)7-9(8)5-10/h2-3,8-10H,4-7H2,1H3,(H,16,17)/t8-,9+,10+. The summed E-state index contributed by atoms with van der Waals surface area (Å²) in [6, 6.07) is 0. The van der Waals surface area contributed by atoms with Gasteiger partial charge in [-0.15, -0.1) is 0 Å². The number of amides is 1. The lowest BCUT2D eigenvalue weighted by Gasteiger charge is -2.15. The molecule has 1 saturated carbocycles. The van der Waals surface area contributed by atoms with E-state index in [9.17, 15) is 4.79 Å². The summed E-state index contributed by atoms with van der Waals surface area (Å²) in [5, 5.41) is 10.6. The number of hydrogen-bond acceptors (Lipinski definition) is 3. The summed E-state index contributed by atoms with van der Waals surface area (Å²) in [6.07, 6.45) is 5.25. The van der Waals surface area contributed by atoms with Gasteiger partial charge in [-0.1, -0.05) is 11.8 Å². The normalized spacial score (nSPS) is 30.7. The first-order chi connectivity index (χ1) is 8.63. The average molecular weight is 267 g/mol. The van der Waals surface area contributed by atoms with E-state index < -0.39 is 6.09 Å². The van der Waals surface area contributed by atoms with Crippen LogP contribution < -0.4 is 0 Å². The highest BCUT2D eigenvalue weighted by molar-refractivity contribution is 7.99. The van der Waals surface area contributed by atoms with Crippen LogP contribution in [-0.2, 0) is 7.05 Å². The van der Waals surface area contributed by atoms with Crippen LogP contribution in [0.1, 0.15) is 12.8 Å². The lowest BCUT2D eigenvalue weighted by atomic mass is 10.0. The van der Waals surface area contributed by atoms with Crippen molar-refractivity contribution in [2.45, 2.75) is 23.2 Å². The van der Waals surface area contributed by atoms with Crippen LogP contribution in [0.25, 0.3) is 0 Å². The van der Waals surface area contributed by atoms with Crippen LogP contribution in [-0.4, -0.2) is 44.0 Å². The van der Waals surface area contributed by atoms with Crippen molar-refractivity contribution in [3.8, 4) is 0 Å². The molecule has 3 atom stereocenters. The predicted octanol–water partition coefficient (Wildman–Crippen LogP) is 1.90. The van der Waals surface area contributed by atoms with E-state index in [2.05, 4.69) is 4.98 Å². The lowest BCUT2D eigenvalue weighted by Crippen LogP contribution is -2.28. The maximum Gasteiger partial charge on any atom is 0.407 e. The Morgan fingerprint density at radius 3 is 2.61 bits per heavy atom. The Bertz CT molecular complexity index is 448. The second-order valence-electron chi connectivity index (χ2n) is 5.24. The number of hydrogen-bond donors (Lipinski definition) is 1. The van der Waals surface area contributed by atoms with Crippen molar-refractivity contribution in [1.29, 1.82) is 0 Å². The Balaban J connectivity index is 1.59. The summed E-state index contributed by atoms with van der Waals surface area (Å²) in [5.41, 5.74) is 0. The van der Waals surface area contributed by atoms with E-state index in [0.29, 0.717) is 17.1 Å². The summed E-state index contributed by atoms with van der Waals surface area (Å²) in [6.45, 7) is 1.44.